The molecule has 1 nitrogen and oxygen atoms in total. The standard InChI is InChI=1S/C27H17N/c28-27(20-8-2-1-3-9-20)21-16-14-19(15-17-21)26-18-22-10-4-5-11-23(22)24-12-6-7-13-25(24)26/h1-2,4-8,10-18,28H. The summed E-state index contributed by atoms with van der Waals surface area (Å²) < 4.78 is 0. The third-order valence-corrected chi connectivity index (χ3v) is 5.17. The molecule has 5 rings (SSSR count). The van der Waals surface area contributed by atoms with E-state index in [4.69, 9.17) is 5.41 Å². The van der Waals surface area contributed by atoms with E-state index in [1.807, 2.05) is 24.3 Å². The molecule has 1 N–H and O–H groups in total. The van der Waals surface area contributed by atoms with E-state index in [9.17, 15) is 0 Å². The van der Waals surface area contributed by atoms with E-state index < -0.39 is 0 Å². The normalized spacial score (nSPS) is 10.7. The first-order valence-corrected chi connectivity index (χ1v) is 9.30. The van der Waals surface area contributed by atoms with Crippen LogP contribution in [0.25, 0.3) is 32.7 Å². The van der Waals surface area contributed by atoms with Gasteiger partial charge in [-0.25, -0.2) is 0 Å². The molecule has 1 heteroatoms. The molecule has 5 aromatic carbocycles. The van der Waals surface area contributed by atoms with Crippen molar-refractivity contribution in [1.29, 1.82) is 5.41 Å². The summed E-state index contributed by atoms with van der Waals surface area (Å²) in [5.74, 6) is 0. The molecule has 0 amide bonds. The van der Waals surface area contributed by atoms with Crippen LogP contribution in [-0.4, -0.2) is 5.71 Å². The number of rotatable bonds is 3. The zero-order chi connectivity index (χ0) is 18.9. The van der Waals surface area contributed by atoms with Gasteiger partial charge < -0.3 is 0 Å². The Hall–Kier alpha value is -3.89. The molecule has 0 heterocycles. The van der Waals surface area contributed by atoms with E-state index in [0.717, 1.165) is 16.7 Å². The Morgan fingerprint density at radius 2 is 1.39 bits per heavy atom. The number of benzene rings is 4. The molecule has 0 fully saturated rings. The molecule has 5 aromatic rings. The van der Waals surface area contributed by atoms with Crippen LogP contribution in [0.2, 0.25) is 0 Å². The summed E-state index contributed by atoms with van der Waals surface area (Å²) in [6, 6.07) is 39.1. The fourth-order valence-electron chi connectivity index (χ4n) is 3.76. The first-order valence-electron chi connectivity index (χ1n) is 9.30. The highest BCUT2D eigenvalue weighted by Gasteiger charge is 2.09. The maximum absolute atomic E-state index is 8.43. The van der Waals surface area contributed by atoms with Crippen LogP contribution in [0, 0.1) is 17.5 Å². The second-order valence-corrected chi connectivity index (χ2v) is 6.85. The Morgan fingerprint density at radius 1 is 0.679 bits per heavy atom. The van der Waals surface area contributed by atoms with Gasteiger partial charge in [0.1, 0.15) is 0 Å². The lowest BCUT2D eigenvalue weighted by Crippen LogP contribution is -2.00. The number of hydrogen-bond acceptors (Lipinski definition) is 1. The Morgan fingerprint density at radius 3 is 2.14 bits per heavy atom. The highest BCUT2D eigenvalue weighted by molar-refractivity contribution is 6.14. The largest absolute Gasteiger partial charge is 0.299 e. The predicted molar refractivity (Wildman–Crippen MR) is 117 cm³/mol. The fourth-order valence-corrected chi connectivity index (χ4v) is 3.76. The second-order valence-electron chi connectivity index (χ2n) is 6.85. The van der Waals surface area contributed by atoms with Gasteiger partial charge in [-0.1, -0.05) is 91.0 Å². The van der Waals surface area contributed by atoms with Crippen LogP contribution in [0.1, 0.15) is 11.1 Å². The quantitative estimate of drug-likeness (QED) is 0.276. The van der Waals surface area contributed by atoms with Gasteiger partial charge >= 0.3 is 0 Å². The molecule has 0 radical (unpaired) electrons. The second kappa shape index (κ2) is 6.68. The van der Waals surface area contributed by atoms with Gasteiger partial charge in [-0.2, -0.15) is 0 Å². The van der Waals surface area contributed by atoms with E-state index >= 15 is 0 Å². The summed E-state index contributed by atoms with van der Waals surface area (Å²) in [4.78, 5) is 0. The van der Waals surface area contributed by atoms with Crippen molar-refractivity contribution in [3.8, 4) is 11.1 Å². The molecule has 0 bridgehead atoms. The van der Waals surface area contributed by atoms with Gasteiger partial charge in [0.05, 0.1) is 11.3 Å². The fraction of sp³-hybridized carbons (Fsp3) is 0. The van der Waals surface area contributed by atoms with Gasteiger partial charge in [-0.05, 0) is 50.9 Å². The molecular weight excluding hydrogens is 338 g/mol. The lowest BCUT2D eigenvalue weighted by Gasteiger charge is -2.12. The lowest BCUT2D eigenvalue weighted by atomic mass is 9.92. The zero-order valence-corrected chi connectivity index (χ0v) is 15.2. The number of hydrogen-bond donors (Lipinski definition) is 1. The van der Waals surface area contributed by atoms with E-state index in [1.54, 1.807) is 6.07 Å². The van der Waals surface area contributed by atoms with Gasteiger partial charge in [-0.3, -0.25) is 5.41 Å². The third-order valence-electron chi connectivity index (χ3n) is 5.17. The van der Waals surface area contributed by atoms with Gasteiger partial charge in [0, 0.05) is 5.56 Å². The maximum Gasteiger partial charge on any atom is 0.0768 e. The first kappa shape index (κ1) is 16.3. The average Bonchev–Trinajstić information content (AvgIpc) is 2.79. The van der Waals surface area contributed by atoms with Gasteiger partial charge in [0.25, 0.3) is 0 Å². The topological polar surface area (TPSA) is 23.9 Å². The number of nitrogens with one attached hydrogen (secondary N) is 1. The highest BCUT2D eigenvalue weighted by Crippen LogP contribution is 2.34. The van der Waals surface area contributed by atoms with E-state index in [1.165, 1.54) is 27.1 Å². The molecule has 0 aliphatic carbocycles. The SMILES string of the molecule is N=C(c1c#cccc1)c1ccc(-c2cc3ccccc3c3ccccc23)cc1. The van der Waals surface area contributed by atoms with Crippen LogP contribution in [0.5, 0.6) is 0 Å². The smallest absolute Gasteiger partial charge is 0.0768 e. The minimum atomic E-state index is 0.465. The minimum absolute atomic E-state index is 0.465. The van der Waals surface area contributed by atoms with E-state index in [2.05, 4.69) is 78.9 Å². The molecule has 0 aliphatic rings. The average molecular weight is 355 g/mol. The minimum Gasteiger partial charge on any atom is -0.299 e. The monoisotopic (exact) mass is 355 g/mol. The molecule has 130 valence electrons. The molecule has 0 atom stereocenters. The summed E-state index contributed by atoms with van der Waals surface area (Å²) in [5.41, 5.74) is 4.47. The van der Waals surface area contributed by atoms with Crippen molar-refractivity contribution in [1.82, 2.24) is 0 Å². The van der Waals surface area contributed by atoms with Crippen LogP contribution in [0.3, 0.4) is 0 Å². The summed E-state index contributed by atoms with van der Waals surface area (Å²) in [5, 5.41) is 13.5. The van der Waals surface area contributed by atoms with Crippen LogP contribution >= 0.6 is 0 Å². The molecule has 0 aliphatic heterocycles. The molecular formula is C27H17N. The van der Waals surface area contributed by atoms with Gasteiger partial charge in [0.15, 0.2) is 0 Å². The lowest BCUT2D eigenvalue weighted by molar-refractivity contribution is 1.46. The Kier molecular flexibility index (Phi) is 3.89. The molecule has 0 saturated heterocycles. The van der Waals surface area contributed by atoms with Crippen LogP contribution in [0.4, 0.5) is 0 Å². The zero-order valence-electron chi connectivity index (χ0n) is 15.2. The van der Waals surface area contributed by atoms with Crippen molar-refractivity contribution in [2.75, 3.05) is 0 Å². The van der Waals surface area contributed by atoms with Crippen molar-refractivity contribution in [3.63, 3.8) is 0 Å². The third kappa shape index (κ3) is 2.73. The van der Waals surface area contributed by atoms with Crippen LogP contribution in [0.15, 0.2) is 97.1 Å². The van der Waals surface area contributed by atoms with Crippen LogP contribution in [-0.2, 0) is 0 Å². The summed E-state index contributed by atoms with van der Waals surface area (Å²) >= 11 is 0. The maximum atomic E-state index is 8.43. The molecule has 0 saturated carbocycles. The van der Waals surface area contributed by atoms with E-state index in [-0.39, 0.29) is 0 Å². The summed E-state index contributed by atoms with van der Waals surface area (Å²) in [6.07, 6.45) is 0. The first-order chi connectivity index (χ1) is 13.8. The highest BCUT2D eigenvalue weighted by atomic mass is 14.4. The Labute approximate surface area is 164 Å². The van der Waals surface area contributed by atoms with Crippen molar-refractivity contribution in [2.45, 2.75) is 0 Å². The summed E-state index contributed by atoms with van der Waals surface area (Å²) in [7, 11) is 0. The van der Waals surface area contributed by atoms with Gasteiger partial charge in [-0.15, -0.1) is 0 Å². The van der Waals surface area contributed by atoms with Crippen molar-refractivity contribution in [3.05, 3.63) is 120 Å². The van der Waals surface area contributed by atoms with Crippen molar-refractivity contribution in [2.24, 2.45) is 0 Å². The van der Waals surface area contributed by atoms with Crippen LogP contribution < -0.4 is 0 Å². The van der Waals surface area contributed by atoms with Crippen molar-refractivity contribution < 1.29 is 0 Å². The Balaban J connectivity index is 1.63. The van der Waals surface area contributed by atoms with E-state index in [0.29, 0.717) is 5.71 Å². The predicted octanol–water partition coefficient (Wildman–Crippen LogP) is 6.68. The molecule has 0 spiro atoms. The van der Waals surface area contributed by atoms with Gasteiger partial charge in [0.2, 0.25) is 0 Å². The molecule has 28 heavy (non-hydrogen) atoms. The van der Waals surface area contributed by atoms with Crippen molar-refractivity contribution >= 4 is 27.3 Å². The molecule has 0 unspecified atom stereocenters. The Bertz CT molecular complexity index is 1300. The molecule has 0 aromatic heterocycles. The number of fused-ring (bicyclic) bond motifs is 3. The summed E-state index contributed by atoms with van der Waals surface area (Å²) in [6.45, 7) is 0.